The molecule has 0 N–H and O–H groups in total. The fourth-order valence-corrected chi connectivity index (χ4v) is 1.22. The zero-order valence-electron chi connectivity index (χ0n) is 5.63. The van der Waals surface area contributed by atoms with E-state index in [1.807, 2.05) is 0 Å². The molecule has 12 heavy (non-hydrogen) atoms. The first-order valence-electron chi connectivity index (χ1n) is 2.85. The molecule has 0 saturated carbocycles. The Labute approximate surface area is 83.5 Å². The van der Waals surface area contributed by atoms with Crippen LogP contribution in [0.4, 0.5) is 5.69 Å². The number of azide groups is 1. The number of hydrogen-bond acceptors (Lipinski definition) is 1. The lowest BCUT2D eigenvalue weighted by Gasteiger charge is -1.99. The van der Waals surface area contributed by atoms with Gasteiger partial charge in [-0.05, 0) is 17.7 Å². The molecule has 3 nitrogen and oxygen atoms in total. The number of benzene rings is 1. The van der Waals surface area contributed by atoms with E-state index >= 15 is 0 Å². The topological polar surface area (TPSA) is 48.8 Å². The van der Waals surface area contributed by atoms with E-state index in [1.54, 1.807) is 0 Å². The van der Waals surface area contributed by atoms with E-state index in [0.29, 0.717) is 10.0 Å². The van der Waals surface area contributed by atoms with Crippen LogP contribution in [0.25, 0.3) is 10.4 Å². The number of halogens is 3. The minimum Gasteiger partial charge on any atom is -0.0838 e. The maximum atomic E-state index is 8.13. The Morgan fingerprint density at radius 3 is 2.25 bits per heavy atom. The van der Waals surface area contributed by atoms with Crippen molar-refractivity contribution in [3.8, 4) is 0 Å². The van der Waals surface area contributed by atoms with Gasteiger partial charge in [0.05, 0.1) is 20.8 Å². The van der Waals surface area contributed by atoms with Gasteiger partial charge in [0.1, 0.15) is 0 Å². The molecule has 1 aromatic rings. The average molecular weight is 222 g/mol. The van der Waals surface area contributed by atoms with Gasteiger partial charge in [0.15, 0.2) is 0 Å². The van der Waals surface area contributed by atoms with Gasteiger partial charge in [0, 0.05) is 4.91 Å². The molecule has 6 heteroatoms. The molecule has 1 aromatic carbocycles. The molecule has 62 valence electrons. The van der Waals surface area contributed by atoms with Gasteiger partial charge in [-0.3, -0.25) is 0 Å². The molecule has 0 aliphatic rings. The van der Waals surface area contributed by atoms with E-state index in [9.17, 15) is 0 Å². The zero-order chi connectivity index (χ0) is 9.14. The zero-order valence-corrected chi connectivity index (χ0v) is 7.90. The summed E-state index contributed by atoms with van der Waals surface area (Å²) in [4.78, 5) is 2.58. The third-order valence-electron chi connectivity index (χ3n) is 1.14. The van der Waals surface area contributed by atoms with Crippen LogP contribution in [0.15, 0.2) is 17.2 Å². The lowest BCUT2D eigenvalue weighted by atomic mass is 10.3. The van der Waals surface area contributed by atoms with Crippen LogP contribution in [-0.4, -0.2) is 0 Å². The second-order valence-corrected chi connectivity index (χ2v) is 3.13. The monoisotopic (exact) mass is 221 g/mol. The summed E-state index contributed by atoms with van der Waals surface area (Å²) < 4.78 is 0. The highest BCUT2D eigenvalue weighted by Gasteiger charge is 2.03. The lowest BCUT2D eigenvalue weighted by Crippen LogP contribution is -1.70. The fraction of sp³-hybridized carbons (Fsp3) is 0. The van der Waals surface area contributed by atoms with Crippen molar-refractivity contribution in [2.75, 3.05) is 0 Å². The predicted molar refractivity (Wildman–Crippen MR) is 50.3 cm³/mol. The predicted octanol–water partition coefficient (Wildman–Crippen LogP) is 4.59. The van der Waals surface area contributed by atoms with E-state index in [2.05, 4.69) is 10.0 Å². The van der Waals surface area contributed by atoms with Gasteiger partial charge < -0.3 is 0 Å². The van der Waals surface area contributed by atoms with Crippen molar-refractivity contribution < 1.29 is 0 Å². The van der Waals surface area contributed by atoms with Crippen molar-refractivity contribution in [1.29, 1.82) is 0 Å². The first-order valence-corrected chi connectivity index (χ1v) is 3.98. The molecule has 1 rings (SSSR count). The van der Waals surface area contributed by atoms with Gasteiger partial charge in [0.2, 0.25) is 0 Å². The van der Waals surface area contributed by atoms with Crippen LogP contribution in [0.1, 0.15) is 0 Å². The summed E-state index contributed by atoms with van der Waals surface area (Å²) >= 11 is 17.0. The minimum absolute atomic E-state index is 0.272. The van der Waals surface area contributed by atoms with Crippen LogP contribution in [-0.2, 0) is 0 Å². The van der Waals surface area contributed by atoms with Crippen molar-refractivity contribution in [3.05, 3.63) is 37.6 Å². The molecule has 0 heterocycles. The SMILES string of the molecule is [N-]=[N+]=Nc1cc(Cl)c(Cl)cc1Cl. The van der Waals surface area contributed by atoms with Crippen LogP contribution < -0.4 is 0 Å². The lowest BCUT2D eigenvalue weighted by molar-refractivity contribution is 1.48. The van der Waals surface area contributed by atoms with Crippen LogP contribution in [0.3, 0.4) is 0 Å². The third kappa shape index (κ3) is 1.96. The maximum Gasteiger partial charge on any atom is 0.0607 e. The van der Waals surface area contributed by atoms with Gasteiger partial charge in [-0.2, -0.15) is 0 Å². The maximum absolute atomic E-state index is 8.13. The molecule has 0 atom stereocenters. The molecule has 0 spiro atoms. The van der Waals surface area contributed by atoms with Gasteiger partial charge in [0.25, 0.3) is 0 Å². The van der Waals surface area contributed by atoms with Crippen molar-refractivity contribution >= 4 is 40.5 Å². The summed E-state index contributed by atoms with van der Waals surface area (Å²) in [6.45, 7) is 0. The Bertz CT molecular complexity index is 357. The van der Waals surface area contributed by atoms with Crippen molar-refractivity contribution in [2.24, 2.45) is 5.11 Å². The standard InChI is InChI=1S/C6H2Cl3N3/c7-3-1-5(9)6(11-12-10)2-4(3)8/h1-2H. The molecule has 0 fully saturated rings. The van der Waals surface area contributed by atoms with Gasteiger partial charge in [-0.25, -0.2) is 0 Å². The van der Waals surface area contributed by atoms with Crippen molar-refractivity contribution in [1.82, 2.24) is 0 Å². The first-order chi connectivity index (χ1) is 5.65. The number of nitrogens with zero attached hydrogens (tertiary/aromatic N) is 3. The van der Waals surface area contributed by atoms with Gasteiger partial charge in [-0.15, -0.1) is 0 Å². The highest BCUT2D eigenvalue weighted by molar-refractivity contribution is 6.43. The molecular formula is C6H2Cl3N3. The van der Waals surface area contributed by atoms with E-state index < -0.39 is 0 Å². The van der Waals surface area contributed by atoms with E-state index in [0.717, 1.165) is 0 Å². The molecular weight excluding hydrogens is 220 g/mol. The molecule has 0 bridgehead atoms. The molecule has 0 unspecified atom stereocenters. The van der Waals surface area contributed by atoms with Crippen LogP contribution in [0, 0.1) is 0 Å². The molecule has 0 aliphatic carbocycles. The van der Waals surface area contributed by atoms with E-state index in [-0.39, 0.29) is 10.7 Å². The second kappa shape index (κ2) is 3.87. The molecule has 0 saturated heterocycles. The Morgan fingerprint density at radius 2 is 1.67 bits per heavy atom. The summed E-state index contributed by atoms with van der Waals surface area (Å²) in [5, 5.41) is 4.23. The number of rotatable bonds is 1. The molecule has 0 amide bonds. The fourth-order valence-electron chi connectivity index (χ4n) is 0.637. The molecule has 0 radical (unpaired) electrons. The van der Waals surface area contributed by atoms with Crippen LogP contribution in [0.5, 0.6) is 0 Å². The van der Waals surface area contributed by atoms with Crippen LogP contribution >= 0.6 is 34.8 Å². The van der Waals surface area contributed by atoms with Crippen LogP contribution in [0.2, 0.25) is 15.1 Å². The molecule has 0 aromatic heterocycles. The van der Waals surface area contributed by atoms with E-state index in [1.165, 1.54) is 12.1 Å². The Hall–Kier alpha value is -0.600. The summed E-state index contributed by atoms with van der Waals surface area (Å²) in [6.07, 6.45) is 0. The average Bonchev–Trinajstić information content (AvgIpc) is 2.01. The highest BCUT2D eigenvalue weighted by Crippen LogP contribution is 2.33. The van der Waals surface area contributed by atoms with Gasteiger partial charge in [-0.1, -0.05) is 39.9 Å². The highest BCUT2D eigenvalue weighted by atomic mass is 35.5. The quantitative estimate of drug-likeness (QED) is 0.289. The Kier molecular flexibility index (Phi) is 3.06. The van der Waals surface area contributed by atoms with Crippen molar-refractivity contribution in [3.63, 3.8) is 0 Å². The van der Waals surface area contributed by atoms with Crippen molar-refractivity contribution in [2.45, 2.75) is 0 Å². The summed E-state index contributed by atoms with van der Waals surface area (Å²) in [7, 11) is 0. The smallest absolute Gasteiger partial charge is 0.0607 e. The van der Waals surface area contributed by atoms with Gasteiger partial charge >= 0.3 is 0 Å². The normalized spacial score (nSPS) is 9.25. The second-order valence-electron chi connectivity index (χ2n) is 1.91. The summed E-state index contributed by atoms with van der Waals surface area (Å²) in [6, 6.07) is 2.83. The summed E-state index contributed by atoms with van der Waals surface area (Å²) in [5.74, 6) is 0. The Morgan fingerprint density at radius 1 is 1.08 bits per heavy atom. The summed E-state index contributed by atoms with van der Waals surface area (Å²) in [5.41, 5.74) is 8.40. The Balaban J connectivity index is 3.32. The minimum atomic E-state index is 0.272. The first kappa shape index (κ1) is 9.49. The number of hydrogen-bond donors (Lipinski definition) is 0. The third-order valence-corrected chi connectivity index (χ3v) is 2.17. The largest absolute Gasteiger partial charge is 0.0838 e. The van der Waals surface area contributed by atoms with E-state index in [4.69, 9.17) is 40.3 Å². The molecule has 0 aliphatic heterocycles.